The molecule has 0 bridgehead atoms. The first-order valence-electron chi connectivity index (χ1n) is 25.1. The van der Waals surface area contributed by atoms with Crippen LogP contribution in [0.25, 0.3) is 22.3 Å². The molecular weight excluding hydrogens is 846 g/mol. The number of para-hydroxylation sites is 2. The van der Waals surface area contributed by atoms with E-state index in [2.05, 4.69) is 277 Å². The summed E-state index contributed by atoms with van der Waals surface area (Å²) in [6, 6.07) is 75.5. The highest BCUT2D eigenvalue weighted by Gasteiger charge is 2.46. The molecule has 2 aliphatic heterocycles. The van der Waals surface area contributed by atoms with Crippen molar-refractivity contribution in [1.82, 2.24) is 0 Å². The number of benzene rings is 9. The van der Waals surface area contributed by atoms with Crippen molar-refractivity contribution in [3.05, 3.63) is 228 Å². The molecule has 0 radical (unpaired) electrons. The second-order valence-electron chi connectivity index (χ2n) is 22.3. The van der Waals surface area contributed by atoms with Crippen LogP contribution in [-0.2, 0) is 16.2 Å². The molecule has 1 aliphatic carbocycles. The van der Waals surface area contributed by atoms with Crippen LogP contribution in [0.3, 0.4) is 0 Å². The van der Waals surface area contributed by atoms with Crippen LogP contribution >= 0.6 is 0 Å². The second-order valence-corrected chi connectivity index (χ2v) is 22.3. The van der Waals surface area contributed by atoms with Gasteiger partial charge in [0.05, 0.1) is 11.4 Å². The summed E-state index contributed by atoms with van der Waals surface area (Å²) in [5.74, 6) is 0. The summed E-state index contributed by atoms with van der Waals surface area (Å²) in [5, 5.41) is 0. The Labute approximate surface area is 415 Å². The molecule has 12 rings (SSSR count). The molecule has 0 saturated carbocycles. The number of aryl methyl sites for hydroxylation is 1. The van der Waals surface area contributed by atoms with Crippen LogP contribution in [0.1, 0.15) is 83.2 Å². The summed E-state index contributed by atoms with van der Waals surface area (Å²) in [6.45, 7) is 21.0. The van der Waals surface area contributed by atoms with Gasteiger partial charge in [-0.05, 0) is 145 Å². The molecule has 0 fully saturated rings. The zero-order valence-corrected chi connectivity index (χ0v) is 42.0. The van der Waals surface area contributed by atoms with Gasteiger partial charge >= 0.3 is 0 Å². The largest absolute Gasteiger partial charge is 0.311 e. The molecule has 9 aromatic carbocycles. The zero-order valence-electron chi connectivity index (χ0n) is 42.0. The normalized spacial score (nSPS) is 14.1. The van der Waals surface area contributed by atoms with E-state index < -0.39 is 0 Å². The molecule has 3 nitrogen and oxygen atoms in total. The van der Waals surface area contributed by atoms with Gasteiger partial charge in [0.15, 0.2) is 0 Å². The number of nitrogens with zero attached hydrogens (tertiary/aromatic N) is 3. The van der Waals surface area contributed by atoms with Crippen molar-refractivity contribution in [3.63, 3.8) is 0 Å². The maximum atomic E-state index is 2.65. The fourth-order valence-corrected chi connectivity index (χ4v) is 11.9. The zero-order chi connectivity index (χ0) is 48.3. The summed E-state index contributed by atoms with van der Waals surface area (Å²) in [7, 11) is 0. The minimum Gasteiger partial charge on any atom is -0.311 e. The van der Waals surface area contributed by atoms with Crippen molar-refractivity contribution in [1.29, 1.82) is 0 Å². The van der Waals surface area contributed by atoms with Gasteiger partial charge in [-0.3, -0.25) is 0 Å². The third-order valence-corrected chi connectivity index (χ3v) is 15.4. The van der Waals surface area contributed by atoms with Gasteiger partial charge in [-0.15, -0.1) is 0 Å². The third kappa shape index (κ3) is 6.86. The lowest BCUT2D eigenvalue weighted by Crippen LogP contribution is -2.61. The van der Waals surface area contributed by atoms with Crippen LogP contribution in [-0.4, -0.2) is 6.71 Å². The average Bonchev–Trinajstić information content (AvgIpc) is 3.60. The Bertz CT molecular complexity index is 3500. The molecule has 4 heteroatoms. The lowest BCUT2D eigenvalue weighted by molar-refractivity contribution is 0.590. The van der Waals surface area contributed by atoms with E-state index in [4.69, 9.17) is 0 Å². The van der Waals surface area contributed by atoms with Crippen LogP contribution in [0, 0.1) is 6.92 Å². The predicted molar refractivity (Wildman–Crippen MR) is 300 cm³/mol. The second kappa shape index (κ2) is 16.0. The third-order valence-electron chi connectivity index (χ3n) is 15.4. The molecule has 0 spiro atoms. The fourth-order valence-electron chi connectivity index (χ4n) is 11.9. The maximum Gasteiger partial charge on any atom is 0.252 e. The summed E-state index contributed by atoms with van der Waals surface area (Å²) in [6.07, 6.45) is 0. The van der Waals surface area contributed by atoms with E-state index >= 15 is 0 Å². The van der Waals surface area contributed by atoms with Crippen molar-refractivity contribution < 1.29 is 0 Å². The van der Waals surface area contributed by atoms with Crippen LogP contribution < -0.4 is 31.1 Å². The molecule has 2 heterocycles. The number of hydrogen-bond acceptors (Lipinski definition) is 3. The first kappa shape index (κ1) is 43.7. The Morgan fingerprint density at radius 2 is 1.06 bits per heavy atom. The summed E-state index contributed by atoms with van der Waals surface area (Å²) in [5.41, 5.74) is 25.9. The summed E-state index contributed by atoms with van der Waals surface area (Å²) in [4.78, 5) is 7.67. The molecule has 342 valence electrons. The van der Waals surface area contributed by atoms with Crippen LogP contribution in [0.2, 0.25) is 0 Å². The van der Waals surface area contributed by atoms with Crippen LogP contribution in [0.5, 0.6) is 0 Å². The Balaban J connectivity index is 1.17. The lowest BCUT2D eigenvalue weighted by Gasteiger charge is -2.46. The first-order valence-corrected chi connectivity index (χ1v) is 25.1. The van der Waals surface area contributed by atoms with Crippen LogP contribution in [0.4, 0.5) is 51.2 Å². The van der Waals surface area contributed by atoms with Crippen molar-refractivity contribution in [3.8, 4) is 22.3 Å². The highest BCUT2D eigenvalue weighted by molar-refractivity contribution is 7.00. The van der Waals surface area contributed by atoms with Gasteiger partial charge in [0.25, 0.3) is 6.71 Å². The minimum atomic E-state index is -0.249. The van der Waals surface area contributed by atoms with E-state index in [1.54, 1.807) is 0 Å². The molecule has 0 amide bonds. The molecule has 70 heavy (non-hydrogen) atoms. The molecule has 0 aromatic heterocycles. The lowest BCUT2D eigenvalue weighted by atomic mass is 9.33. The summed E-state index contributed by atoms with van der Waals surface area (Å²) >= 11 is 0. The van der Waals surface area contributed by atoms with Crippen molar-refractivity contribution in [2.24, 2.45) is 0 Å². The molecular formula is C66H60BN3. The molecule has 0 saturated heterocycles. The van der Waals surface area contributed by atoms with Crippen molar-refractivity contribution in [2.75, 3.05) is 14.7 Å². The van der Waals surface area contributed by atoms with Gasteiger partial charge in [-0.1, -0.05) is 189 Å². The van der Waals surface area contributed by atoms with Crippen molar-refractivity contribution >= 4 is 74.3 Å². The molecule has 0 atom stereocenters. The van der Waals surface area contributed by atoms with E-state index in [0.717, 1.165) is 17.1 Å². The molecule has 9 aromatic rings. The Morgan fingerprint density at radius 3 is 1.77 bits per heavy atom. The SMILES string of the molecule is Cc1cc2c3c(c1)N(c1cccc4c1C(C)(C)c1ccccc1-4)c1cc(N(c4ccccc4)c4ccccc4-c4ccccc4)ccc1B3c1cc(C(C)(C)C)ccc1N2c1ccc(C(C)(C)C)cc1. The van der Waals surface area contributed by atoms with Gasteiger partial charge < -0.3 is 14.7 Å². The van der Waals surface area contributed by atoms with Gasteiger partial charge in [0.2, 0.25) is 0 Å². The Hall–Kier alpha value is -7.56. The number of rotatable bonds is 6. The summed E-state index contributed by atoms with van der Waals surface area (Å²) < 4.78 is 0. The quantitative estimate of drug-likeness (QED) is 0.154. The van der Waals surface area contributed by atoms with Crippen molar-refractivity contribution in [2.45, 2.75) is 78.6 Å². The maximum absolute atomic E-state index is 2.65. The smallest absolute Gasteiger partial charge is 0.252 e. The topological polar surface area (TPSA) is 9.72 Å². The van der Waals surface area contributed by atoms with Gasteiger partial charge in [0.1, 0.15) is 0 Å². The highest BCUT2D eigenvalue weighted by Crippen LogP contribution is 2.56. The highest BCUT2D eigenvalue weighted by atomic mass is 15.2. The number of hydrogen-bond donors (Lipinski definition) is 0. The molecule has 0 N–H and O–H groups in total. The Morgan fingerprint density at radius 1 is 0.443 bits per heavy atom. The standard InChI is InChI=1S/C66H60BN3/c1-43-39-60-63-61(40-43)70(58-30-20-27-52-51-26-16-18-28-53(51)66(8,9)62(52)58)59-42-49(68(47-23-14-11-15-24-47)56-29-19-17-25-50(56)44-21-12-10-13-22-44)36-37-54(59)67(63)55-41-46(65(5,6)7)33-38-57(55)69(60)48-34-31-45(32-35-48)64(2,3)4/h10-42H,1-9H3. The predicted octanol–water partition coefficient (Wildman–Crippen LogP) is 16.1. The number of anilines is 9. The monoisotopic (exact) mass is 905 g/mol. The molecule has 0 unspecified atom stereocenters. The first-order chi connectivity index (χ1) is 33.7. The van der Waals surface area contributed by atoms with Gasteiger partial charge in [0, 0.05) is 50.8 Å². The van der Waals surface area contributed by atoms with E-state index in [1.165, 1.54) is 101 Å². The van der Waals surface area contributed by atoms with E-state index in [9.17, 15) is 0 Å². The van der Waals surface area contributed by atoms with Crippen LogP contribution in [0.15, 0.2) is 200 Å². The minimum absolute atomic E-state index is 0.0305. The molecule has 3 aliphatic rings. The fraction of sp³-hybridized carbons (Fsp3) is 0.182. The van der Waals surface area contributed by atoms with Gasteiger partial charge in [-0.25, -0.2) is 0 Å². The number of fused-ring (bicyclic) bond motifs is 7. The van der Waals surface area contributed by atoms with E-state index in [1.807, 2.05) is 0 Å². The van der Waals surface area contributed by atoms with Gasteiger partial charge in [-0.2, -0.15) is 0 Å². The average molecular weight is 906 g/mol. The van der Waals surface area contributed by atoms with E-state index in [0.29, 0.717) is 0 Å². The van der Waals surface area contributed by atoms with E-state index in [-0.39, 0.29) is 23.0 Å². The Kier molecular flexibility index (Phi) is 9.99.